The van der Waals surface area contributed by atoms with E-state index in [9.17, 15) is 14.4 Å². The highest BCUT2D eigenvalue weighted by molar-refractivity contribution is 5.82. The molecule has 0 saturated carbocycles. The van der Waals surface area contributed by atoms with Gasteiger partial charge in [-0.1, -0.05) is 0 Å². The summed E-state index contributed by atoms with van der Waals surface area (Å²) in [4.78, 5) is 34.8. The van der Waals surface area contributed by atoms with Crippen LogP contribution in [-0.4, -0.2) is 52.6 Å². The lowest BCUT2D eigenvalue weighted by Crippen LogP contribution is -2.48. The van der Waals surface area contributed by atoms with Gasteiger partial charge in [-0.2, -0.15) is 0 Å². The predicted octanol–water partition coefficient (Wildman–Crippen LogP) is -1.03. The van der Waals surface area contributed by atoms with Crippen LogP contribution in [0.4, 0.5) is 0 Å². The van der Waals surface area contributed by atoms with Gasteiger partial charge in [0.25, 0.3) is 0 Å². The van der Waals surface area contributed by atoms with Crippen molar-refractivity contribution < 1.29 is 24.6 Å². The third-order valence-corrected chi connectivity index (χ3v) is 2.96. The minimum absolute atomic E-state index is 0.0505. The Morgan fingerprint density at radius 2 is 1.76 bits per heavy atom. The molecule has 0 bridgehead atoms. The maximum absolute atomic E-state index is 11.5. The average Bonchev–Trinajstić information content (AvgIpc) is 2.28. The Kier molecular flexibility index (Phi) is 4.45. The van der Waals surface area contributed by atoms with E-state index in [2.05, 4.69) is 0 Å². The molecule has 1 amide bonds. The number of hydrogen-bond acceptors (Lipinski definition) is 4. The molecule has 1 fully saturated rings. The maximum atomic E-state index is 11.5. The Morgan fingerprint density at radius 3 is 2.24 bits per heavy atom. The Labute approximate surface area is 98.2 Å². The molecule has 1 aliphatic rings. The van der Waals surface area contributed by atoms with Crippen molar-refractivity contribution in [3.63, 3.8) is 0 Å². The monoisotopic (exact) mass is 244 g/mol. The Balaban J connectivity index is 2.72. The first-order valence-electron chi connectivity index (χ1n) is 5.40. The minimum Gasteiger partial charge on any atom is -0.481 e. The van der Waals surface area contributed by atoms with Crippen LogP contribution in [0.1, 0.15) is 12.8 Å². The third-order valence-electron chi connectivity index (χ3n) is 2.96. The molecule has 4 N–H and O–H groups in total. The minimum atomic E-state index is -1.18. The number of carboxylic acid groups (broad SMARTS) is 2. The summed E-state index contributed by atoms with van der Waals surface area (Å²) in [5, 5.41) is 17.9. The first-order chi connectivity index (χ1) is 7.97. The summed E-state index contributed by atoms with van der Waals surface area (Å²) in [7, 11) is 0. The van der Waals surface area contributed by atoms with Crippen LogP contribution in [0.2, 0.25) is 0 Å². The molecular weight excluding hydrogens is 228 g/mol. The first-order valence-corrected chi connectivity index (χ1v) is 5.40. The van der Waals surface area contributed by atoms with Crippen LogP contribution in [0.5, 0.6) is 0 Å². The first kappa shape index (κ1) is 13.4. The molecule has 0 aromatic carbocycles. The SMILES string of the molecule is NCCC(=O)N1CCC(C(=O)O)C(C(=O)O)C1. The van der Waals surface area contributed by atoms with Gasteiger partial charge in [0.2, 0.25) is 5.91 Å². The van der Waals surface area contributed by atoms with Gasteiger partial charge in [0.15, 0.2) is 0 Å². The molecule has 0 aromatic heterocycles. The summed E-state index contributed by atoms with van der Waals surface area (Å²) in [6.45, 7) is 0.431. The van der Waals surface area contributed by atoms with E-state index in [1.165, 1.54) is 4.90 Å². The van der Waals surface area contributed by atoms with Crippen LogP contribution in [0.15, 0.2) is 0 Å². The van der Waals surface area contributed by atoms with Gasteiger partial charge in [-0.25, -0.2) is 0 Å². The van der Waals surface area contributed by atoms with Crippen LogP contribution >= 0.6 is 0 Å². The second-order valence-electron chi connectivity index (χ2n) is 4.06. The van der Waals surface area contributed by atoms with Crippen molar-refractivity contribution in [2.24, 2.45) is 17.6 Å². The van der Waals surface area contributed by atoms with Gasteiger partial charge in [0.1, 0.15) is 0 Å². The zero-order valence-electron chi connectivity index (χ0n) is 9.33. The largest absolute Gasteiger partial charge is 0.481 e. The number of likely N-dealkylation sites (tertiary alicyclic amines) is 1. The lowest BCUT2D eigenvalue weighted by Gasteiger charge is -2.34. The number of amides is 1. The maximum Gasteiger partial charge on any atom is 0.309 e. The lowest BCUT2D eigenvalue weighted by molar-refractivity contribution is -0.159. The molecule has 7 nitrogen and oxygen atoms in total. The fourth-order valence-electron chi connectivity index (χ4n) is 2.01. The molecule has 0 aromatic rings. The lowest BCUT2D eigenvalue weighted by atomic mass is 9.85. The summed E-state index contributed by atoms with van der Waals surface area (Å²) in [6.07, 6.45) is 0.326. The molecular formula is C10H16N2O5. The van der Waals surface area contributed by atoms with Gasteiger partial charge in [-0.15, -0.1) is 0 Å². The topological polar surface area (TPSA) is 121 Å². The zero-order valence-corrected chi connectivity index (χ0v) is 9.33. The molecule has 17 heavy (non-hydrogen) atoms. The van der Waals surface area contributed by atoms with Gasteiger partial charge in [0, 0.05) is 26.1 Å². The molecule has 7 heteroatoms. The number of carbonyl (C=O) groups excluding carboxylic acids is 1. The molecule has 0 aliphatic carbocycles. The van der Waals surface area contributed by atoms with Crippen LogP contribution in [0.25, 0.3) is 0 Å². The molecule has 0 radical (unpaired) electrons. The summed E-state index contributed by atoms with van der Waals surface area (Å²) >= 11 is 0. The Bertz CT molecular complexity index is 331. The van der Waals surface area contributed by atoms with E-state index in [0.29, 0.717) is 0 Å². The van der Waals surface area contributed by atoms with E-state index in [0.717, 1.165) is 0 Å². The molecule has 1 saturated heterocycles. The Hall–Kier alpha value is -1.63. The van der Waals surface area contributed by atoms with Crippen molar-refractivity contribution in [1.29, 1.82) is 0 Å². The number of carbonyl (C=O) groups is 3. The van der Waals surface area contributed by atoms with E-state index in [1.54, 1.807) is 0 Å². The van der Waals surface area contributed by atoms with Crippen LogP contribution < -0.4 is 5.73 Å². The van der Waals surface area contributed by atoms with E-state index < -0.39 is 23.8 Å². The highest BCUT2D eigenvalue weighted by Gasteiger charge is 2.39. The number of aliphatic carboxylic acids is 2. The standard InChI is InChI=1S/C10H16N2O5/c11-3-1-8(13)12-4-2-6(9(14)15)7(5-12)10(16)17/h6-7H,1-5,11H2,(H,14,15)(H,16,17). The summed E-state index contributed by atoms with van der Waals surface area (Å²) in [6, 6.07) is 0. The fraction of sp³-hybridized carbons (Fsp3) is 0.700. The smallest absolute Gasteiger partial charge is 0.309 e. The normalized spacial score (nSPS) is 24.4. The number of rotatable bonds is 4. The van der Waals surface area contributed by atoms with Crippen molar-refractivity contribution in [2.45, 2.75) is 12.8 Å². The number of hydrogen-bond donors (Lipinski definition) is 3. The molecule has 96 valence electrons. The summed E-state index contributed by atoms with van der Waals surface area (Å²) < 4.78 is 0. The molecule has 2 unspecified atom stereocenters. The molecule has 1 aliphatic heterocycles. The van der Waals surface area contributed by atoms with Crippen molar-refractivity contribution in [3.8, 4) is 0 Å². The van der Waals surface area contributed by atoms with Gasteiger partial charge in [-0.3, -0.25) is 14.4 Å². The number of carboxylic acids is 2. The average molecular weight is 244 g/mol. The second kappa shape index (κ2) is 5.62. The van der Waals surface area contributed by atoms with Gasteiger partial charge >= 0.3 is 11.9 Å². The van der Waals surface area contributed by atoms with Gasteiger partial charge in [-0.05, 0) is 6.42 Å². The van der Waals surface area contributed by atoms with Crippen LogP contribution in [-0.2, 0) is 14.4 Å². The summed E-state index contributed by atoms with van der Waals surface area (Å²) in [5.41, 5.74) is 5.25. The van der Waals surface area contributed by atoms with Gasteiger partial charge < -0.3 is 20.8 Å². The molecule has 0 spiro atoms. The summed E-state index contributed by atoms with van der Waals surface area (Å²) in [5.74, 6) is -4.48. The van der Waals surface area contributed by atoms with Crippen molar-refractivity contribution >= 4 is 17.8 Å². The molecule has 1 rings (SSSR count). The van der Waals surface area contributed by atoms with Gasteiger partial charge in [0.05, 0.1) is 11.8 Å². The highest BCUT2D eigenvalue weighted by atomic mass is 16.4. The highest BCUT2D eigenvalue weighted by Crippen LogP contribution is 2.24. The van der Waals surface area contributed by atoms with E-state index in [4.69, 9.17) is 15.9 Å². The predicted molar refractivity (Wildman–Crippen MR) is 57.1 cm³/mol. The number of nitrogens with zero attached hydrogens (tertiary/aromatic N) is 1. The molecule has 2 atom stereocenters. The van der Waals surface area contributed by atoms with Crippen LogP contribution in [0.3, 0.4) is 0 Å². The van der Waals surface area contributed by atoms with Crippen molar-refractivity contribution in [1.82, 2.24) is 4.90 Å². The third kappa shape index (κ3) is 3.16. The number of nitrogens with two attached hydrogens (primary N) is 1. The fourth-order valence-corrected chi connectivity index (χ4v) is 2.01. The number of piperidine rings is 1. The van der Waals surface area contributed by atoms with Crippen molar-refractivity contribution in [2.75, 3.05) is 19.6 Å². The Morgan fingerprint density at radius 1 is 1.18 bits per heavy atom. The van der Waals surface area contributed by atoms with Crippen molar-refractivity contribution in [3.05, 3.63) is 0 Å². The van der Waals surface area contributed by atoms with E-state index in [-0.39, 0.29) is 38.4 Å². The second-order valence-corrected chi connectivity index (χ2v) is 4.06. The molecule has 1 heterocycles. The van der Waals surface area contributed by atoms with Crippen LogP contribution in [0, 0.1) is 11.8 Å². The van der Waals surface area contributed by atoms with E-state index >= 15 is 0 Å². The zero-order chi connectivity index (χ0) is 13.0. The quantitative estimate of drug-likeness (QED) is 0.581. The van der Waals surface area contributed by atoms with E-state index in [1.807, 2.05) is 0 Å².